The number of aromatic nitrogens is 2. The Morgan fingerprint density at radius 1 is 1.53 bits per heavy atom. The van der Waals surface area contributed by atoms with E-state index in [1.807, 2.05) is 19.9 Å². The highest BCUT2D eigenvalue weighted by Crippen LogP contribution is 2.12. The van der Waals surface area contributed by atoms with E-state index in [0.29, 0.717) is 6.61 Å². The van der Waals surface area contributed by atoms with Crippen LogP contribution in [-0.4, -0.2) is 29.2 Å². The standard InChI is InChI=1S/C10H16BrN3O/c1-4-15-6-7(2)12-10-5-9(11)13-8(3)14-10/h5,7H,4,6H2,1-3H3,(H,12,13,14). The third-order valence-electron chi connectivity index (χ3n) is 1.77. The van der Waals surface area contributed by atoms with Gasteiger partial charge in [-0.25, -0.2) is 9.97 Å². The fourth-order valence-corrected chi connectivity index (χ4v) is 1.67. The van der Waals surface area contributed by atoms with Crippen molar-refractivity contribution in [3.05, 3.63) is 16.5 Å². The van der Waals surface area contributed by atoms with Crippen molar-refractivity contribution >= 4 is 21.7 Å². The van der Waals surface area contributed by atoms with E-state index < -0.39 is 0 Å². The molecule has 0 saturated heterocycles. The van der Waals surface area contributed by atoms with Gasteiger partial charge in [0.05, 0.1) is 6.61 Å². The second kappa shape index (κ2) is 6.02. The first-order valence-corrected chi connectivity index (χ1v) is 5.76. The topological polar surface area (TPSA) is 47.0 Å². The molecule has 0 radical (unpaired) electrons. The average Bonchev–Trinajstić information content (AvgIpc) is 2.13. The molecular formula is C10H16BrN3O. The molecule has 1 aromatic heterocycles. The van der Waals surface area contributed by atoms with Crippen molar-refractivity contribution in [1.82, 2.24) is 9.97 Å². The Morgan fingerprint density at radius 2 is 2.27 bits per heavy atom. The third-order valence-corrected chi connectivity index (χ3v) is 2.18. The molecule has 84 valence electrons. The number of hydrogen-bond donors (Lipinski definition) is 1. The van der Waals surface area contributed by atoms with Gasteiger partial charge in [0, 0.05) is 18.7 Å². The predicted molar refractivity (Wildman–Crippen MR) is 64.0 cm³/mol. The molecular weight excluding hydrogens is 258 g/mol. The zero-order chi connectivity index (χ0) is 11.3. The van der Waals surface area contributed by atoms with Gasteiger partial charge >= 0.3 is 0 Å². The van der Waals surface area contributed by atoms with Gasteiger partial charge < -0.3 is 10.1 Å². The molecule has 1 N–H and O–H groups in total. The van der Waals surface area contributed by atoms with Gasteiger partial charge in [0.2, 0.25) is 0 Å². The summed E-state index contributed by atoms with van der Waals surface area (Å²) in [5.74, 6) is 1.57. The fourth-order valence-electron chi connectivity index (χ4n) is 1.19. The van der Waals surface area contributed by atoms with Crippen molar-refractivity contribution in [3.63, 3.8) is 0 Å². The third kappa shape index (κ3) is 4.57. The lowest BCUT2D eigenvalue weighted by atomic mass is 10.3. The Bertz CT molecular complexity index is 299. The van der Waals surface area contributed by atoms with E-state index >= 15 is 0 Å². The second-order valence-corrected chi connectivity index (χ2v) is 4.14. The highest BCUT2D eigenvalue weighted by atomic mass is 79.9. The van der Waals surface area contributed by atoms with Gasteiger partial charge in [0.15, 0.2) is 0 Å². The molecule has 0 fully saturated rings. The summed E-state index contributed by atoms with van der Waals surface area (Å²) in [6.07, 6.45) is 0. The lowest BCUT2D eigenvalue weighted by Gasteiger charge is -2.14. The minimum atomic E-state index is 0.242. The maximum absolute atomic E-state index is 5.31. The van der Waals surface area contributed by atoms with Gasteiger partial charge in [-0.2, -0.15) is 0 Å². The molecule has 1 unspecified atom stereocenters. The quantitative estimate of drug-likeness (QED) is 0.837. The summed E-state index contributed by atoms with van der Waals surface area (Å²) < 4.78 is 6.10. The molecule has 1 aromatic rings. The normalized spacial score (nSPS) is 12.5. The first-order chi connectivity index (χ1) is 7.11. The van der Waals surface area contributed by atoms with Crippen molar-refractivity contribution < 1.29 is 4.74 Å². The summed E-state index contributed by atoms with van der Waals surface area (Å²) in [5, 5.41) is 3.25. The fraction of sp³-hybridized carbons (Fsp3) is 0.600. The number of ether oxygens (including phenoxy) is 1. The maximum atomic E-state index is 5.31. The zero-order valence-electron chi connectivity index (χ0n) is 9.25. The predicted octanol–water partition coefficient (Wildman–Crippen LogP) is 2.38. The smallest absolute Gasteiger partial charge is 0.131 e. The van der Waals surface area contributed by atoms with Crippen LogP contribution in [0.25, 0.3) is 0 Å². The molecule has 4 nitrogen and oxygen atoms in total. The molecule has 0 aliphatic heterocycles. The summed E-state index contributed by atoms with van der Waals surface area (Å²) in [4.78, 5) is 8.41. The highest BCUT2D eigenvalue weighted by Gasteiger charge is 2.04. The van der Waals surface area contributed by atoms with E-state index in [1.54, 1.807) is 0 Å². The lowest BCUT2D eigenvalue weighted by molar-refractivity contribution is 0.141. The Balaban J connectivity index is 2.56. The van der Waals surface area contributed by atoms with E-state index in [2.05, 4.69) is 38.1 Å². The van der Waals surface area contributed by atoms with E-state index in [1.165, 1.54) is 0 Å². The van der Waals surface area contributed by atoms with Gasteiger partial charge in [-0.15, -0.1) is 0 Å². The highest BCUT2D eigenvalue weighted by molar-refractivity contribution is 9.10. The molecule has 0 amide bonds. The van der Waals surface area contributed by atoms with Crippen LogP contribution < -0.4 is 5.32 Å². The SMILES string of the molecule is CCOCC(C)Nc1cc(Br)nc(C)n1. The van der Waals surface area contributed by atoms with Crippen molar-refractivity contribution in [2.75, 3.05) is 18.5 Å². The van der Waals surface area contributed by atoms with Gasteiger partial charge in [-0.3, -0.25) is 0 Å². The molecule has 1 atom stereocenters. The van der Waals surface area contributed by atoms with Crippen LogP contribution in [-0.2, 0) is 4.74 Å². The van der Waals surface area contributed by atoms with E-state index in [-0.39, 0.29) is 6.04 Å². The van der Waals surface area contributed by atoms with Gasteiger partial charge in [0.25, 0.3) is 0 Å². The van der Waals surface area contributed by atoms with Crippen LogP contribution in [0.15, 0.2) is 10.7 Å². The number of halogens is 1. The van der Waals surface area contributed by atoms with Crippen LogP contribution >= 0.6 is 15.9 Å². The largest absolute Gasteiger partial charge is 0.380 e. The van der Waals surface area contributed by atoms with E-state index in [9.17, 15) is 0 Å². The van der Waals surface area contributed by atoms with Crippen LogP contribution in [0, 0.1) is 6.92 Å². The van der Waals surface area contributed by atoms with Crippen LogP contribution in [0.3, 0.4) is 0 Å². The summed E-state index contributed by atoms with van der Waals surface area (Å²) in [6, 6.07) is 2.10. The summed E-state index contributed by atoms with van der Waals surface area (Å²) >= 11 is 3.33. The molecule has 0 aliphatic rings. The lowest BCUT2D eigenvalue weighted by Crippen LogP contribution is -2.22. The molecule has 0 aliphatic carbocycles. The summed E-state index contributed by atoms with van der Waals surface area (Å²) in [7, 11) is 0. The Kier molecular flexibility index (Phi) is 4.98. The Labute approximate surface area is 98.6 Å². The molecule has 0 saturated carbocycles. The molecule has 5 heteroatoms. The zero-order valence-corrected chi connectivity index (χ0v) is 10.8. The first-order valence-electron chi connectivity index (χ1n) is 4.97. The molecule has 0 spiro atoms. The van der Waals surface area contributed by atoms with Crippen molar-refractivity contribution in [2.24, 2.45) is 0 Å². The number of aryl methyl sites for hydroxylation is 1. The number of hydrogen-bond acceptors (Lipinski definition) is 4. The molecule has 15 heavy (non-hydrogen) atoms. The van der Waals surface area contributed by atoms with Crippen LogP contribution in [0.1, 0.15) is 19.7 Å². The first kappa shape index (κ1) is 12.4. The molecule has 0 aromatic carbocycles. The van der Waals surface area contributed by atoms with Crippen molar-refractivity contribution in [3.8, 4) is 0 Å². The van der Waals surface area contributed by atoms with Crippen molar-refractivity contribution in [2.45, 2.75) is 26.8 Å². The van der Waals surface area contributed by atoms with Gasteiger partial charge in [-0.05, 0) is 36.7 Å². The summed E-state index contributed by atoms with van der Waals surface area (Å²) in [6.45, 7) is 7.32. The second-order valence-electron chi connectivity index (χ2n) is 3.33. The van der Waals surface area contributed by atoms with Crippen LogP contribution in [0.5, 0.6) is 0 Å². The van der Waals surface area contributed by atoms with E-state index in [0.717, 1.165) is 22.9 Å². The summed E-state index contributed by atoms with van der Waals surface area (Å²) in [5.41, 5.74) is 0. The Morgan fingerprint density at radius 3 is 2.87 bits per heavy atom. The number of rotatable bonds is 5. The minimum absolute atomic E-state index is 0.242. The number of nitrogens with one attached hydrogen (secondary N) is 1. The molecule has 0 bridgehead atoms. The van der Waals surface area contributed by atoms with Crippen molar-refractivity contribution in [1.29, 1.82) is 0 Å². The number of nitrogens with zero attached hydrogens (tertiary/aromatic N) is 2. The minimum Gasteiger partial charge on any atom is -0.380 e. The monoisotopic (exact) mass is 273 g/mol. The van der Waals surface area contributed by atoms with Crippen LogP contribution in [0.2, 0.25) is 0 Å². The molecule has 1 heterocycles. The van der Waals surface area contributed by atoms with E-state index in [4.69, 9.17) is 4.74 Å². The van der Waals surface area contributed by atoms with Gasteiger partial charge in [-0.1, -0.05) is 0 Å². The van der Waals surface area contributed by atoms with Crippen LogP contribution in [0.4, 0.5) is 5.82 Å². The average molecular weight is 274 g/mol. The maximum Gasteiger partial charge on any atom is 0.131 e. The molecule has 1 rings (SSSR count). The number of anilines is 1. The Hall–Kier alpha value is -0.680. The van der Waals surface area contributed by atoms with Gasteiger partial charge in [0.1, 0.15) is 16.2 Å².